The van der Waals surface area contributed by atoms with Crippen LogP contribution in [-0.2, 0) is 4.79 Å². The first-order valence-electron chi connectivity index (χ1n) is 9.79. The van der Waals surface area contributed by atoms with Crippen LogP contribution in [0.1, 0.15) is 21.8 Å². The summed E-state index contributed by atoms with van der Waals surface area (Å²) in [6, 6.07) is 10.1. The Kier molecular flexibility index (Phi) is 7.59. The summed E-state index contributed by atoms with van der Waals surface area (Å²) in [5.74, 6) is -4.42. The monoisotopic (exact) mass is 640 g/mol. The number of hydrogen-bond donors (Lipinski definition) is 2. The molecule has 1 aliphatic carbocycles. The highest BCUT2D eigenvalue weighted by Crippen LogP contribution is 2.65. The quantitative estimate of drug-likeness (QED) is 0.217. The topological polar surface area (TPSA) is 58.2 Å². The summed E-state index contributed by atoms with van der Waals surface area (Å²) in [4.78, 5) is 25.6. The summed E-state index contributed by atoms with van der Waals surface area (Å²) in [7, 11) is 0. The molecule has 182 valence electrons. The number of nitrogens with one attached hydrogen (secondary N) is 2. The lowest BCUT2D eigenvalue weighted by Gasteiger charge is -2.11. The van der Waals surface area contributed by atoms with Crippen molar-refractivity contribution in [3.8, 4) is 0 Å². The van der Waals surface area contributed by atoms with E-state index in [2.05, 4.69) is 26.6 Å². The van der Waals surface area contributed by atoms with E-state index in [1.807, 2.05) is 0 Å². The van der Waals surface area contributed by atoms with Crippen LogP contribution in [0.3, 0.4) is 0 Å². The number of amides is 2. The molecule has 1 aliphatic rings. The lowest BCUT2D eigenvalue weighted by Crippen LogP contribution is -2.18. The third-order valence-corrected chi connectivity index (χ3v) is 8.54. The fourth-order valence-corrected chi connectivity index (χ4v) is 5.36. The summed E-state index contributed by atoms with van der Waals surface area (Å²) in [5.41, 5.74) is 0.537. The highest BCUT2D eigenvalue weighted by atomic mass is 79.9. The molecular formula is C23H12BrCl5F2N2O2. The van der Waals surface area contributed by atoms with E-state index in [4.69, 9.17) is 58.0 Å². The second kappa shape index (κ2) is 10.0. The van der Waals surface area contributed by atoms with Crippen molar-refractivity contribution in [2.45, 2.75) is 10.3 Å². The van der Waals surface area contributed by atoms with Gasteiger partial charge in [-0.15, -0.1) is 23.2 Å². The van der Waals surface area contributed by atoms with Gasteiger partial charge in [0.25, 0.3) is 5.91 Å². The number of hydrogen-bond acceptors (Lipinski definition) is 2. The molecule has 1 fully saturated rings. The Morgan fingerprint density at radius 1 is 0.886 bits per heavy atom. The maximum absolute atomic E-state index is 13.9. The van der Waals surface area contributed by atoms with E-state index in [-0.39, 0.29) is 22.0 Å². The van der Waals surface area contributed by atoms with Gasteiger partial charge in [0.05, 0.1) is 36.7 Å². The van der Waals surface area contributed by atoms with Crippen molar-refractivity contribution in [2.75, 3.05) is 10.6 Å². The molecule has 0 aliphatic heterocycles. The predicted octanol–water partition coefficient (Wildman–Crippen LogP) is 8.47. The molecule has 0 aromatic heterocycles. The number of halogens is 8. The maximum Gasteiger partial charge on any atom is 0.257 e. The van der Waals surface area contributed by atoms with Crippen LogP contribution in [0.5, 0.6) is 0 Å². The van der Waals surface area contributed by atoms with Gasteiger partial charge in [-0.3, -0.25) is 9.59 Å². The van der Waals surface area contributed by atoms with Crippen LogP contribution in [0.25, 0.3) is 0 Å². The van der Waals surface area contributed by atoms with Crippen LogP contribution < -0.4 is 10.6 Å². The van der Waals surface area contributed by atoms with Crippen LogP contribution in [0, 0.1) is 17.6 Å². The molecule has 4 nitrogen and oxygen atoms in total. The highest BCUT2D eigenvalue weighted by Gasteiger charge is 2.67. The van der Waals surface area contributed by atoms with Gasteiger partial charge in [-0.2, -0.15) is 0 Å². The van der Waals surface area contributed by atoms with Crippen molar-refractivity contribution in [3.63, 3.8) is 0 Å². The van der Waals surface area contributed by atoms with Crippen LogP contribution in [-0.4, -0.2) is 16.1 Å². The molecule has 0 radical (unpaired) electrons. The molecule has 12 heteroatoms. The Labute approximate surface area is 232 Å². The Balaban J connectivity index is 1.52. The largest absolute Gasteiger partial charge is 0.326 e. The average molecular weight is 644 g/mol. The molecule has 3 aromatic rings. The number of alkyl halides is 2. The number of benzene rings is 3. The highest BCUT2D eigenvalue weighted by molar-refractivity contribution is 9.10. The number of rotatable bonds is 5. The number of anilines is 2. The van der Waals surface area contributed by atoms with Crippen molar-refractivity contribution < 1.29 is 18.4 Å². The van der Waals surface area contributed by atoms with Crippen molar-refractivity contribution in [3.05, 3.63) is 90.8 Å². The van der Waals surface area contributed by atoms with Gasteiger partial charge >= 0.3 is 0 Å². The van der Waals surface area contributed by atoms with Gasteiger partial charge in [0.15, 0.2) is 0 Å². The van der Waals surface area contributed by atoms with Crippen LogP contribution in [0.15, 0.2) is 53.0 Å². The zero-order valence-corrected chi connectivity index (χ0v) is 22.5. The SMILES string of the molecule is O=C(Nc1ccc(F)cc1F)c1cc(NC(=O)C2C(c3cc(Cl)c(Br)c(Cl)c3)C2(Cl)Cl)ccc1Cl. The number of carbonyl (C=O) groups is 2. The Hall–Kier alpha value is -1.61. The van der Waals surface area contributed by atoms with Crippen molar-refractivity contribution in [1.82, 2.24) is 0 Å². The van der Waals surface area contributed by atoms with E-state index in [9.17, 15) is 18.4 Å². The molecule has 0 heterocycles. The van der Waals surface area contributed by atoms with E-state index < -0.39 is 39.6 Å². The van der Waals surface area contributed by atoms with Gasteiger partial charge in [0.2, 0.25) is 5.91 Å². The van der Waals surface area contributed by atoms with Crippen molar-refractivity contribution in [2.24, 2.45) is 5.92 Å². The lowest BCUT2D eigenvalue weighted by molar-refractivity contribution is -0.117. The summed E-state index contributed by atoms with van der Waals surface area (Å²) < 4.78 is 26.1. The summed E-state index contributed by atoms with van der Waals surface area (Å²) in [5, 5.41) is 5.71. The average Bonchev–Trinajstić information content (AvgIpc) is 3.37. The van der Waals surface area contributed by atoms with Crippen molar-refractivity contribution >= 4 is 97.1 Å². The fourth-order valence-electron chi connectivity index (χ4n) is 3.60. The summed E-state index contributed by atoms with van der Waals surface area (Å²) in [6.45, 7) is 0. The van der Waals surface area contributed by atoms with Crippen LogP contribution in [0.2, 0.25) is 15.1 Å². The van der Waals surface area contributed by atoms with Gasteiger partial charge in [-0.05, 0) is 64.0 Å². The smallest absolute Gasteiger partial charge is 0.257 e. The fraction of sp³-hybridized carbons (Fsp3) is 0.130. The van der Waals surface area contributed by atoms with Crippen molar-refractivity contribution in [1.29, 1.82) is 0 Å². The Bertz CT molecular complexity index is 1350. The first kappa shape index (κ1) is 26.5. The zero-order chi connectivity index (χ0) is 25.7. The normalized spacial score (nSPS) is 18.2. The molecule has 0 saturated heterocycles. The van der Waals surface area contributed by atoms with Gasteiger partial charge in [-0.1, -0.05) is 34.8 Å². The minimum Gasteiger partial charge on any atom is -0.326 e. The molecule has 2 N–H and O–H groups in total. The minimum absolute atomic E-state index is 0.0463. The first-order valence-corrected chi connectivity index (χ1v) is 12.5. The Morgan fingerprint density at radius 2 is 1.54 bits per heavy atom. The molecular weight excluding hydrogens is 631 g/mol. The lowest BCUT2D eigenvalue weighted by atomic mass is 10.1. The minimum atomic E-state index is -1.41. The second-order valence-electron chi connectivity index (χ2n) is 7.69. The molecule has 3 aromatic carbocycles. The third-order valence-electron chi connectivity index (χ3n) is 5.36. The van der Waals surface area contributed by atoms with Crippen LogP contribution in [0.4, 0.5) is 20.2 Å². The first-order chi connectivity index (χ1) is 16.4. The van der Waals surface area contributed by atoms with E-state index in [1.54, 1.807) is 12.1 Å². The third kappa shape index (κ3) is 5.41. The van der Waals surface area contributed by atoms with Gasteiger partial charge in [0, 0.05) is 17.7 Å². The van der Waals surface area contributed by atoms with E-state index >= 15 is 0 Å². The standard InChI is InChI=1S/C23H12BrCl5F2N2O2/c24-20-14(26)5-9(6-15(20)27)18-19(23(18,28)29)22(35)32-11-2-3-13(25)12(8-11)21(34)33-17-4-1-10(30)7-16(17)31/h1-8,18-19H,(H,32,35)(H,33,34). The second-order valence-corrected chi connectivity index (χ2v) is 11.1. The van der Waals surface area contributed by atoms with Gasteiger partial charge in [0.1, 0.15) is 16.0 Å². The molecule has 0 bridgehead atoms. The number of carbonyl (C=O) groups excluding carboxylic acids is 2. The van der Waals surface area contributed by atoms with E-state index in [0.29, 0.717) is 26.1 Å². The van der Waals surface area contributed by atoms with E-state index in [0.717, 1.165) is 12.1 Å². The summed E-state index contributed by atoms with van der Waals surface area (Å²) in [6.07, 6.45) is 0. The molecule has 0 spiro atoms. The molecule has 35 heavy (non-hydrogen) atoms. The molecule has 4 rings (SSSR count). The Morgan fingerprint density at radius 3 is 2.17 bits per heavy atom. The van der Waals surface area contributed by atoms with Gasteiger partial charge < -0.3 is 10.6 Å². The maximum atomic E-state index is 13.9. The molecule has 2 amide bonds. The van der Waals surface area contributed by atoms with Crippen LogP contribution >= 0.6 is 73.9 Å². The molecule has 2 atom stereocenters. The predicted molar refractivity (Wildman–Crippen MR) is 139 cm³/mol. The molecule has 2 unspecified atom stereocenters. The summed E-state index contributed by atoms with van der Waals surface area (Å²) >= 11 is 34.5. The zero-order valence-electron chi connectivity index (χ0n) is 17.1. The van der Waals surface area contributed by atoms with Gasteiger partial charge in [-0.25, -0.2) is 8.78 Å². The van der Waals surface area contributed by atoms with E-state index in [1.165, 1.54) is 18.2 Å². The molecule has 1 saturated carbocycles.